The van der Waals surface area contributed by atoms with Crippen molar-refractivity contribution in [3.8, 4) is 0 Å². The van der Waals surface area contributed by atoms with Gasteiger partial charge in [0.15, 0.2) is 0 Å². The van der Waals surface area contributed by atoms with E-state index >= 15 is 0 Å². The average molecular weight is 325 g/mol. The van der Waals surface area contributed by atoms with Crippen molar-refractivity contribution >= 4 is 33.1 Å². The van der Waals surface area contributed by atoms with E-state index in [0.29, 0.717) is 4.88 Å². The van der Waals surface area contributed by atoms with E-state index in [1.54, 1.807) is 0 Å². The molecule has 0 aliphatic carbocycles. The van der Waals surface area contributed by atoms with E-state index in [1.165, 1.54) is 16.9 Å². The van der Waals surface area contributed by atoms with Crippen LogP contribution in [0.5, 0.6) is 0 Å². The standard InChI is InChI=1S/C19H19NO2S/c1-13-16-12-15(9-10-17(16)23-18(13)19(21)22)20-11-5-8-14-6-3-2-4-7-14/h2-4,6-7,9-10,12,20H,5,8,11H2,1H3,(H,21,22). The van der Waals surface area contributed by atoms with Crippen molar-refractivity contribution in [3.63, 3.8) is 0 Å². The van der Waals surface area contributed by atoms with Crippen LogP contribution in [0.25, 0.3) is 10.1 Å². The molecular weight excluding hydrogens is 306 g/mol. The number of thiophene rings is 1. The lowest BCUT2D eigenvalue weighted by Gasteiger charge is -2.07. The van der Waals surface area contributed by atoms with E-state index in [2.05, 4.69) is 35.6 Å². The van der Waals surface area contributed by atoms with Crippen LogP contribution in [0.1, 0.15) is 27.2 Å². The Hall–Kier alpha value is -2.33. The highest BCUT2D eigenvalue weighted by Crippen LogP contribution is 2.32. The Morgan fingerprint density at radius 1 is 1.17 bits per heavy atom. The Kier molecular flexibility index (Phi) is 4.63. The van der Waals surface area contributed by atoms with E-state index in [9.17, 15) is 9.90 Å². The Morgan fingerprint density at radius 3 is 2.70 bits per heavy atom. The molecule has 0 saturated heterocycles. The molecule has 4 heteroatoms. The third kappa shape index (κ3) is 3.54. The van der Waals surface area contributed by atoms with Crippen molar-refractivity contribution in [2.45, 2.75) is 19.8 Å². The summed E-state index contributed by atoms with van der Waals surface area (Å²) in [6.45, 7) is 2.77. The van der Waals surface area contributed by atoms with Crippen LogP contribution in [0.15, 0.2) is 48.5 Å². The first-order valence-corrected chi connectivity index (χ1v) is 8.51. The summed E-state index contributed by atoms with van der Waals surface area (Å²) in [5, 5.41) is 13.7. The van der Waals surface area contributed by atoms with Crippen LogP contribution in [-0.4, -0.2) is 17.6 Å². The molecule has 118 valence electrons. The van der Waals surface area contributed by atoms with Crippen LogP contribution in [-0.2, 0) is 6.42 Å². The number of carbonyl (C=O) groups is 1. The second kappa shape index (κ2) is 6.84. The van der Waals surface area contributed by atoms with Crippen LogP contribution in [0, 0.1) is 6.92 Å². The van der Waals surface area contributed by atoms with Gasteiger partial charge in [-0.2, -0.15) is 0 Å². The molecule has 0 amide bonds. The van der Waals surface area contributed by atoms with Gasteiger partial charge in [-0.05, 0) is 54.5 Å². The highest BCUT2D eigenvalue weighted by Gasteiger charge is 2.14. The highest BCUT2D eigenvalue weighted by molar-refractivity contribution is 7.21. The predicted octanol–water partition coefficient (Wildman–Crippen LogP) is 4.95. The van der Waals surface area contributed by atoms with Gasteiger partial charge < -0.3 is 10.4 Å². The number of fused-ring (bicyclic) bond motifs is 1. The van der Waals surface area contributed by atoms with Crippen LogP contribution < -0.4 is 5.32 Å². The Morgan fingerprint density at radius 2 is 1.96 bits per heavy atom. The van der Waals surface area contributed by atoms with Crippen molar-refractivity contribution in [1.82, 2.24) is 0 Å². The van der Waals surface area contributed by atoms with Gasteiger partial charge in [-0.1, -0.05) is 30.3 Å². The lowest BCUT2D eigenvalue weighted by Crippen LogP contribution is -2.02. The fraction of sp³-hybridized carbons (Fsp3) is 0.211. The summed E-state index contributed by atoms with van der Waals surface area (Å²) < 4.78 is 1.02. The first-order valence-electron chi connectivity index (χ1n) is 7.69. The van der Waals surface area contributed by atoms with Crippen molar-refractivity contribution in [2.75, 3.05) is 11.9 Å². The third-order valence-corrected chi connectivity index (χ3v) is 5.21. The lowest BCUT2D eigenvalue weighted by atomic mass is 10.1. The molecule has 1 heterocycles. The second-order valence-electron chi connectivity index (χ2n) is 5.59. The molecular formula is C19H19NO2S. The quantitative estimate of drug-likeness (QED) is 0.630. The Balaban J connectivity index is 1.64. The van der Waals surface area contributed by atoms with Crippen LogP contribution in [0.4, 0.5) is 5.69 Å². The minimum absolute atomic E-state index is 0.432. The van der Waals surface area contributed by atoms with Gasteiger partial charge in [-0.3, -0.25) is 0 Å². The van der Waals surface area contributed by atoms with E-state index in [0.717, 1.165) is 40.7 Å². The van der Waals surface area contributed by atoms with Gasteiger partial charge in [-0.15, -0.1) is 11.3 Å². The summed E-state index contributed by atoms with van der Waals surface area (Å²) in [5.74, 6) is -0.846. The van der Waals surface area contributed by atoms with E-state index in [4.69, 9.17) is 0 Å². The number of anilines is 1. The van der Waals surface area contributed by atoms with Crippen molar-refractivity contribution < 1.29 is 9.90 Å². The number of aromatic carboxylic acids is 1. The molecule has 1 aromatic heterocycles. The molecule has 0 aliphatic heterocycles. The van der Waals surface area contributed by atoms with Crippen molar-refractivity contribution in [3.05, 3.63) is 64.5 Å². The zero-order chi connectivity index (χ0) is 16.2. The van der Waals surface area contributed by atoms with Gasteiger partial charge in [0.1, 0.15) is 4.88 Å². The number of carboxylic acid groups (broad SMARTS) is 1. The monoisotopic (exact) mass is 325 g/mol. The molecule has 0 radical (unpaired) electrons. The van der Waals surface area contributed by atoms with Gasteiger partial charge >= 0.3 is 5.97 Å². The predicted molar refractivity (Wildman–Crippen MR) is 96.8 cm³/mol. The molecule has 0 aliphatic rings. The van der Waals surface area contributed by atoms with Gasteiger partial charge in [0.2, 0.25) is 0 Å². The maximum Gasteiger partial charge on any atom is 0.346 e. The fourth-order valence-corrected chi connectivity index (χ4v) is 3.73. The molecule has 0 saturated carbocycles. The van der Waals surface area contributed by atoms with Gasteiger partial charge in [0.05, 0.1) is 0 Å². The molecule has 3 aromatic rings. The van der Waals surface area contributed by atoms with Crippen molar-refractivity contribution in [2.24, 2.45) is 0 Å². The summed E-state index contributed by atoms with van der Waals surface area (Å²) in [7, 11) is 0. The fourth-order valence-electron chi connectivity index (χ4n) is 2.70. The maximum absolute atomic E-state index is 11.2. The minimum Gasteiger partial charge on any atom is -0.477 e. The SMILES string of the molecule is Cc1c(C(=O)O)sc2ccc(NCCCc3ccccc3)cc12. The zero-order valence-corrected chi connectivity index (χ0v) is 13.8. The number of benzene rings is 2. The first-order chi connectivity index (χ1) is 11.1. The molecule has 3 rings (SSSR count). The molecule has 3 nitrogen and oxygen atoms in total. The topological polar surface area (TPSA) is 49.3 Å². The minimum atomic E-state index is -0.846. The molecule has 23 heavy (non-hydrogen) atoms. The summed E-state index contributed by atoms with van der Waals surface area (Å²) in [5.41, 5.74) is 3.25. The Labute approximate surface area is 139 Å². The zero-order valence-electron chi connectivity index (χ0n) is 13.0. The van der Waals surface area contributed by atoms with Crippen LogP contribution in [0.2, 0.25) is 0 Å². The largest absolute Gasteiger partial charge is 0.477 e. The average Bonchev–Trinajstić information content (AvgIpc) is 2.90. The van der Waals surface area contributed by atoms with E-state index in [-0.39, 0.29) is 0 Å². The van der Waals surface area contributed by atoms with E-state index in [1.807, 2.05) is 25.1 Å². The number of hydrogen-bond acceptors (Lipinski definition) is 3. The number of hydrogen-bond donors (Lipinski definition) is 2. The smallest absolute Gasteiger partial charge is 0.346 e. The first kappa shape index (κ1) is 15.6. The number of rotatable bonds is 6. The number of carboxylic acids is 1. The summed E-state index contributed by atoms with van der Waals surface area (Å²) in [6, 6.07) is 16.5. The molecule has 0 spiro atoms. The second-order valence-corrected chi connectivity index (χ2v) is 6.64. The summed E-state index contributed by atoms with van der Waals surface area (Å²) >= 11 is 1.34. The van der Waals surface area contributed by atoms with Gasteiger partial charge in [0, 0.05) is 16.9 Å². The molecule has 2 aromatic carbocycles. The van der Waals surface area contributed by atoms with Crippen LogP contribution >= 0.6 is 11.3 Å². The molecule has 2 N–H and O–H groups in total. The molecule has 0 unspecified atom stereocenters. The molecule has 0 fully saturated rings. The normalized spacial score (nSPS) is 10.8. The number of nitrogens with one attached hydrogen (secondary N) is 1. The lowest BCUT2D eigenvalue weighted by molar-refractivity contribution is 0.0701. The third-order valence-electron chi connectivity index (χ3n) is 3.94. The summed E-state index contributed by atoms with van der Waals surface area (Å²) in [4.78, 5) is 11.6. The van der Waals surface area contributed by atoms with Gasteiger partial charge in [-0.25, -0.2) is 4.79 Å². The molecule has 0 atom stereocenters. The Bertz CT molecular complexity index is 824. The van der Waals surface area contributed by atoms with Gasteiger partial charge in [0.25, 0.3) is 0 Å². The molecule has 0 bridgehead atoms. The summed E-state index contributed by atoms with van der Waals surface area (Å²) in [6.07, 6.45) is 2.11. The van der Waals surface area contributed by atoms with E-state index < -0.39 is 5.97 Å². The van der Waals surface area contributed by atoms with Crippen LogP contribution in [0.3, 0.4) is 0 Å². The number of aryl methyl sites for hydroxylation is 2. The highest BCUT2D eigenvalue weighted by atomic mass is 32.1. The maximum atomic E-state index is 11.2. The van der Waals surface area contributed by atoms with Crippen molar-refractivity contribution in [1.29, 1.82) is 0 Å².